The lowest BCUT2D eigenvalue weighted by Gasteiger charge is -2.07. The average molecular weight is 265 g/mol. The monoisotopic (exact) mass is 264 g/mol. The normalized spacial score (nSPS) is 10.1. The van der Waals surface area contributed by atoms with Crippen molar-refractivity contribution < 1.29 is 13.9 Å². The average Bonchev–Trinajstić information content (AvgIpc) is 2.38. The summed E-state index contributed by atoms with van der Waals surface area (Å²) >= 11 is 5.36. The maximum atomic E-state index is 13.3. The third-order valence-electron chi connectivity index (χ3n) is 2.41. The summed E-state index contributed by atoms with van der Waals surface area (Å²) in [6, 6.07) is 12.8. The molecule has 0 N–H and O–H groups in total. The number of carbonyl (C=O) groups is 1. The molecule has 0 amide bonds. The van der Waals surface area contributed by atoms with Gasteiger partial charge in [-0.2, -0.15) is 0 Å². The first-order valence-corrected chi connectivity index (χ1v) is 5.71. The molecule has 18 heavy (non-hydrogen) atoms. The summed E-state index contributed by atoms with van der Waals surface area (Å²) < 4.78 is 18.8. The Kier molecular flexibility index (Phi) is 3.95. The van der Waals surface area contributed by atoms with Gasteiger partial charge in [0, 0.05) is 11.1 Å². The molecule has 0 radical (unpaired) electrons. The summed E-state index contributed by atoms with van der Waals surface area (Å²) in [7, 11) is 0. The van der Waals surface area contributed by atoms with Gasteiger partial charge in [-0.1, -0.05) is 24.3 Å². The van der Waals surface area contributed by atoms with Crippen LogP contribution < -0.4 is 4.74 Å². The minimum Gasteiger partial charge on any atom is -0.489 e. The third-order valence-corrected chi connectivity index (χ3v) is 2.63. The zero-order valence-corrected chi connectivity index (χ0v) is 10.2. The Balaban J connectivity index is 2.09. The molecule has 0 spiro atoms. The van der Waals surface area contributed by atoms with Crippen LogP contribution in [0.2, 0.25) is 0 Å². The Hall–Kier alpha value is -1.87. The minimum absolute atomic E-state index is 0.104. The molecule has 0 fully saturated rings. The van der Waals surface area contributed by atoms with Gasteiger partial charge in [0.15, 0.2) is 0 Å². The van der Waals surface area contributed by atoms with Gasteiger partial charge in [0.25, 0.3) is 5.24 Å². The van der Waals surface area contributed by atoms with E-state index in [-0.39, 0.29) is 12.4 Å². The molecule has 0 aliphatic rings. The fraction of sp³-hybridized carbons (Fsp3) is 0.0714. The summed E-state index contributed by atoms with van der Waals surface area (Å²) in [6.45, 7) is 0.104. The second-order valence-electron chi connectivity index (χ2n) is 3.68. The highest BCUT2D eigenvalue weighted by molar-refractivity contribution is 6.67. The molecule has 4 heteroatoms. The van der Waals surface area contributed by atoms with E-state index >= 15 is 0 Å². The number of halogens is 2. The lowest BCUT2D eigenvalue weighted by atomic mass is 10.2. The Bertz CT molecular complexity index is 569. The van der Waals surface area contributed by atoms with E-state index in [4.69, 9.17) is 16.3 Å². The van der Waals surface area contributed by atoms with Crippen LogP contribution in [0.5, 0.6) is 5.75 Å². The highest BCUT2D eigenvalue weighted by atomic mass is 35.5. The molecular formula is C14H10ClFO2. The van der Waals surface area contributed by atoms with E-state index in [0.717, 1.165) is 0 Å². The minimum atomic E-state index is -0.550. The van der Waals surface area contributed by atoms with Crippen LogP contribution in [-0.4, -0.2) is 5.24 Å². The summed E-state index contributed by atoms with van der Waals surface area (Å²) in [5.41, 5.74) is 0.808. The second-order valence-corrected chi connectivity index (χ2v) is 4.02. The molecule has 2 aromatic rings. The number of hydrogen-bond acceptors (Lipinski definition) is 2. The van der Waals surface area contributed by atoms with Crippen LogP contribution in [0.4, 0.5) is 4.39 Å². The smallest absolute Gasteiger partial charge is 0.252 e. The molecule has 2 rings (SSSR count). The Morgan fingerprint density at radius 3 is 2.67 bits per heavy atom. The number of carbonyl (C=O) groups excluding carboxylic acids is 1. The molecular weight excluding hydrogens is 255 g/mol. The van der Waals surface area contributed by atoms with Crippen LogP contribution >= 0.6 is 11.6 Å². The summed E-state index contributed by atoms with van der Waals surface area (Å²) in [6.07, 6.45) is 0. The van der Waals surface area contributed by atoms with Crippen LogP contribution in [0.1, 0.15) is 15.9 Å². The topological polar surface area (TPSA) is 26.3 Å². The van der Waals surface area contributed by atoms with Gasteiger partial charge in [-0.25, -0.2) is 4.39 Å². The van der Waals surface area contributed by atoms with Crippen molar-refractivity contribution in [2.45, 2.75) is 6.61 Å². The number of hydrogen-bond donors (Lipinski definition) is 0. The highest BCUT2D eigenvalue weighted by Crippen LogP contribution is 2.17. The van der Waals surface area contributed by atoms with Crippen molar-refractivity contribution in [3.63, 3.8) is 0 Å². The van der Waals surface area contributed by atoms with E-state index in [2.05, 4.69) is 0 Å². The molecule has 0 aliphatic heterocycles. The van der Waals surface area contributed by atoms with Crippen LogP contribution in [0.15, 0.2) is 48.5 Å². The first-order valence-electron chi connectivity index (χ1n) is 5.33. The standard InChI is InChI=1S/C14H10ClFO2/c15-14(17)10-5-3-6-12(8-10)18-9-11-4-1-2-7-13(11)16/h1-8H,9H2. The molecule has 0 atom stereocenters. The molecule has 0 unspecified atom stereocenters. The van der Waals surface area contributed by atoms with Crippen LogP contribution in [0.3, 0.4) is 0 Å². The Morgan fingerprint density at radius 2 is 1.94 bits per heavy atom. The molecule has 2 nitrogen and oxygen atoms in total. The summed E-state index contributed by atoms with van der Waals surface area (Å²) in [5, 5.41) is -0.550. The van der Waals surface area contributed by atoms with Crippen molar-refractivity contribution in [2.24, 2.45) is 0 Å². The van der Waals surface area contributed by atoms with E-state index < -0.39 is 5.24 Å². The number of benzene rings is 2. The Labute approximate surface area is 109 Å². The van der Waals surface area contributed by atoms with Crippen LogP contribution in [0, 0.1) is 5.82 Å². The molecule has 0 saturated carbocycles. The van der Waals surface area contributed by atoms with Gasteiger partial charge in [0.1, 0.15) is 18.2 Å². The highest BCUT2D eigenvalue weighted by Gasteiger charge is 2.05. The zero-order chi connectivity index (χ0) is 13.0. The molecule has 0 saturated heterocycles. The number of rotatable bonds is 4. The van der Waals surface area contributed by atoms with Gasteiger partial charge in [0.2, 0.25) is 0 Å². The van der Waals surface area contributed by atoms with Gasteiger partial charge in [-0.05, 0) is 35.9 Å². The van der Waals surface area contributed by atoms with Crippen molar-refractivity contribution >= 4 is 16.8 Å². The largest absolute Gasteiger partial charge is 0.489 e. The molecule has 0 aromatic heterocycles. The maximum Gasteiger partial charge on any atom is 0.252 e. The van der Waals surface area contributed by atoms with E-state index in [1.54, 1.807) is 36.4 Å². The SMILES string of the molecule is O=C(Cl)c1cccc(OCc2ccccc2F)c1. The predicted molar refractivity (Wildman–Crippen MR) is 67.4 cm³/mol. The van der Waals surface area contributed by atoms with Gasteiger partial charge in [0.05, 0.1) is 0 Å². The lowest BCUT2D eigenvalue weighted by Crippen LogP contribution is -1.99. The van der Waals surface area contributed by atoms with Gasteiger partial charge in [-0.15, -0.1) is 0 Å². The molecule has 2 aromatic carbocycles. The summed E-state index contributed by atoms with van der Waals surface area (Å²) in [4.78, 5) is 11.0. The predicted octanol–water partition coefficient (Wildman–Crippen LogP) is 3.78. The van der Waals surface area contributed by atoms with Crippen molar-refractivity contribution in [1.82, 2.24) is 0 Å². The van der Waals surface area contributed by atoms with Crippen LogP contribution in [0.25, 0.3) is 0 Å². The van der Waals surface area contributed by atoms with Crippen molar-refractivity contribution in [1.29, 1.82) is 0 Å². The fourth-order valence-electron chi connectivity index (χ4n) is 1.48. The molecule has 0 heterocycles. The van der Waals surface area contributed by atoms with E-state index in [0.29, 0.717) is 16.9 Å². The zero-order valence-electron chi connectivity index (χ0n) is 9.40. The first-order chi connectivity index (χ1) is 8.66. The van der Waals surface area contributed by atoms with E-state index in [9.17, 15) is 9.18 Å². The fourth-order valence-corrected chi connectivity index (χ4v) is 1.60. The molecule has 0 aliphatic carbocycles. The second kappa shape index (κ2) is 5.65. The van der Waals surface area contributed by atoms with E-state index in [1.165, 1.54) is 12.1 Å². The van der Waals surface area contributed by atoms with E-state index in [1.807, 2.05) is 0 Å². The maximum absolute atomic E-state index is 13.3. The molecule has 92 valence electrons. The quantitative estimate of drug-likeness (QED) is 0.786. The third kappa shape index (κ3) is 3.08. The summed E-state index contributed by atoms with van der Waals surface area (Å²) in [5.74, 6) is 0.159. The van der Waals surface area contributed by atoms with Gasteiger partial charge in [-0.3, -0.25) is 4.79 Å². The van der Waals surface area contributed by atoms with Gasteiger partial charge < -0.3 is 4.74 Å². The van der Waals surface area contributed by atoms with Gasteiger partial charge >= 0.3 is 0 Å². The van der Waals surface area contributed by atoms with Crippen molar-refractivity contribution in [3.8, 4) is 5.75 Å². The Morgan fingerprint density at radius 1 is 1.17 bits per heavy atom. The molecule has 0 bridgehead atoms. The van der Waals surface area contributed by atoms with Crippen molar-refractivity contribution in [3.05, 3.63) is 65.5 Å². The lowest BCUT2D eigenvalue weighted by molar-refractivity contribution is 0.108. The van der Waals surface area contributed by atoms with Crippen molar-refractivity contribution in [2.75, 3.05) is 0 Å². The number of ether oxygens (including phenoxy) is 1. The first kappa shape index (κ1) is 12.6. The van der Waals surface area contributed by atoms with Crippen LogP contribution in [-0.2, 0) is 6.61 Å².